The fourth-order valence-corrected chi connectivity index (χ4v) is 1.32. The Labute approximate surface area is 146 Å². The van der Waals surface area contributed by atoms with E-state index >= 15 is 0 Å². The number of carbonyl (C=O) groups excluding carboxylic acids is 2. The van der Waals surface area contributed by atoms with Crippen molar-refractivity contribution < 1.29 is 93.9 Å². The molecule has 0 spiro atoms. The van der Waals surface area contributed by atoms with E-state index in [4.69, 9.17) is 5.11 Å². The summed E-state index contributed by atoms with van der Waals surface area (Å²) in [7, 11) is 0. The number of carboxylic acids is 3. The quantitative estimate of drug-likeness (QED) is 0.403. The molecular weight excluding hydrogens is 268 g/mol. The van der Waals surface area contributed by atoms with Crippen molar-refractivity contribution in [1.82, 2.24) is 5.32 Å². The molecule has 0 aromatic rings. The first-order valence-corrected chi connectivity index (χ1v) is 4.12. The van der Waals surface area contributed by atoms with Gasteiger partial charge in [0.2, 0.25) is 0 Å². The van der Waals surface area contributed by atoms with Crippen molar-refractivity contribution in [1.29, 1.82) is 0 Å². The molecule has 0 aliphatic carbocycles. The van der Waals surface area contributed by atoms with E-state index in [2.05, 4.69) is 5.32 Å². The van der Waals surface area contributed by atoms with Crippen molar-refractivity contribution in [3.63, 3.8) is 0 Å². The van der Waals surface area contributed by atoms with Crippen LogP contribution >= 0.6 is 0 Å². The van der Waals surface area contributed by atoms with E-state index in [-0.39, 0.29) is 64.8 Å². The molecule has 0 aromatic heterocycles. The predicted molar refractivity (Wildman–Crippen MR) is 41.9 cm³/mol. The van der Waals surface area contributed by atoms with Crippen molar-refractivity contribution in [3.05, 3.63) is 11.9 Å². The number of carbonyl (C=O) groups is 3. The maximum absolute atomic E-state index is 10.8. The Bertz CT molecular complexity index is 395. The molecule has 10 heteroatoms. The number of aliphatic carboxylic acids is 3. The molecule has 1 heterocycles. The Morgan fingerprint density at radius 1 is 1.33 bits per heavy atom. The van der Waals surface area contributed by atoms with E-state index in [1.54, 1.807) is 0 Å². The average molecular weight is 275 g/mol. The van der Waals surface area contributed by atoms with E-state index < -0.39 is 35.8 Å². The monoisotopic (exact) mass is 275 g/mol. The molecule has 0 saturated heterocycles. The molecule has 2 atom stereocenters. The molecule has 2 unspecified atom stereocenters. The zero-order chi connectivity index (χ0) is 12.5. The van der Waals surface area contributed by atoms with Crippen LogP contribution < -0.4 is 74.6 Å². The smallest absolute Gasteiger partial charge is 0.550 e. The van der Waals surface area contributed by atoms with Gasteiger partial charge in [-0.1, -0.05) is 0 Å². The molecule has 0 amide bonds. The first-order valence-electron chi connectivity index (χ1n) is 4.12. The van der Waals surface area contributed by atoms with Crippen LogP contribution in [0.4, 0.5) is 0 Å². The average Bonchev–Trinajstić information content (AvgIpc) is 2.85. The van der Waals surface area contributed by atoms with Crippen LogP contribution in [0, 0.1) is 5.92 Å². The second-order valence-electron chi connectivity index (χ2n) is 3.28. The molecule has 0 aromatic carbocycles. The van der Waals surface area contributed by atoms with Crippen LogP contribution in [-0.2, 0) is 14.4 Å². The van der Waals surface area contributed by atoms with Gasteiger partial charge in [-0.25, -0.2) is 0 Å². The van der Waals surface area contributed by atoms with Gasteiger partial charge in [-0.2, -0.15) is 0 Å². The minimum atomic E-state index is -3.04. The maximum Gasteiger partial charge on any atom is 1.00 e. The Morgan fingerprint density at radius 2 is 1.78 bits per heavy atom. The summed E-state index contributed by atoms with van der Waals surface area (Å²) in [6.07, 6.45) is -0.229. The van der Waals surface area contributed by atoms with Gasteiger partial charge in [-0.05, 0) is 0 Å². The number of rotatable bonds is 6. The van der Waals surface area contributed by atoms with Crippen molar-refractivity contribution in [2.75, 3.05) is 0 Å². The van der Waals surface area contributed by atoms with Gasteiger partial charge >= 0.3 is 65.1 Å². The second kappa shape index (κ2) is 7.49. The fraction of sp³-hybridized carbons (Fsp3) is 0.375. The standard InChI is InChI=1S/C8H9NO7.2Na/c10-4(11)1-8(16,7(14)15)5(6(12)13)3-2-9-3;;/h2,5,9,16H,1H2,(H,10,11)(H,12,13)(H,14,15);;/q;2*+1/p-2. The third-order valence-electron chi connectivity index (χ3n) is 2.11. The topological polar surface area (TPSA) is 160 Å². The van der Waals surface area contributed by atoms with Crippen LogP contribution in [0.1, 0.15) is 6.42 Å². The fourth-order valence-electron chi connectivity index (χ4n) is 1.32. The summed E-state index contributed by atoms with van der Waals surface area (Å²) in [5.41, 5.74) is -3.12. The zero-order valence-electron chi connectivity index (χ0n) is 9.80. The van der Waals surface area contributed by atoms with Crippen molar-refractivity contribution >= 4 is 17.9 Å². The Morgan fingerprint density at radius 3 is 2.00 bits per heavy atom. The summed E-state index contributed by atoms with van der Waals surface area (Å²) in [5.74, 6) is -7.67. The predicted octanol–water partition coefficient (Wildman–Crippen LogP) is -10.2. The summed E-state index contributed by atoms with van der Waals surface area (Å²) in [6, 6.07) is 0. The molecule has 1 rings (SSSR count). The van der Waals surface area contributed by atoms with Crippen molar-refractivity contribution in [2.45, 2.75) is 12.0 Å². The van der Waals surface area contributed by atoms with Crippen LogP contribution in [0.3, 0.4) is 0 Å². The Kier molecular flexibility index (Phi) is 8.42. The van der Waals surface area contributed by atoms with Gasteiger partial charge in [-0.15, -0.1) is 0 Å². The van der Waals surface area contributed by atoms with Gasteiger partial charge < -0.3 is 35.3 Å². The SMILES string of the molecule is O=C([O-])CC(O)(C(=O)[O-])C(C(=O)O)C1=CN1.[Na+].[Na+]. The Balaban J connectivity index is 0. The number of aliphatic hydroxyl groups is 1. The van der Waals surface area contributed by atoms with Crippen LogP contribution in [0.2, 0.25) is 0 Å². The van der Waals surface area contributed by atoms with Crippen LogP contribution in [0.5, 0.6) is 0 Å². The maximum atomic E-state index is 10.8. The van der Waals surface area contributed by atoms with Gasteiger partial charge in [0.25, 0.3) is 0 Å². The van der Waals surface area contributed by atoms with Crippen molar-refractivity contribution in [2.24, 2.45) is 5.92 Å². The summed E-state index contributed by atoms with van der Waals surface area (Å²) >= 11 is 0. The molecule has 18 heavy (non-hydrogen) atoms. The molecule has 0 saturated carbocycles. The summed E-state index contributed by atoms with van der Waals surface area (Å²) in [4.78, 5) is 31.7. The molecule has 3 N–H and O–H groups in total. The molecule has 0 fully saturated rings. The van der Waals surface area contributed by atoms with E-state index in [9.17, 15) is 29.7 Å². The van der Waals surface area contributed by atoms with Gasteiger partial charge in [0.15, 0.2) is 0 Å². The van der Waals surface area contributed by atoms with Gasteiger partial charge in [0, 0.05) is 24.3 Å². The number of hydrogen-bond acceptors (Lipinski definition) is 7. The van der Waals surface area contributed by atoms with E-state index in [1.807, 2.05) is 0 Å². The normalized spacial score (nSPS) is 16.6. The first-order chi connectivity index (χ1) is 7.29. The largest absolute Gasteiger partial charge is 1.00 e. The van der Waals surface area contributed by atoms with Gasteiger partial charge in [0.1, 0.15) is 11.5 Å². The van der Waals surface area contributed by atoms with E-state index in [1.165, 1.54) is 0 Å². The van der Waals surface area contributed by atoms with Crippen molar-refractivity contribution in [3.8, 4) is 0 Å². The molecule has 8 nitrogen and oxygen atoms in total. The summed E-state index contributed by atoms with van der Waals surface area (Å²) < 4.78 is 0. The van der Waals surface area contributed by atoms with Gasteiger partial charge in [0.05, 0.1) is 5.97 Å². The zero-order valence-corrected chi connectivity index (χ0v) is 13.8. The van der Waals surface area contributed by atoms with Crippen LogP contribution in [0.15, 0.2) is 11.9 Å². The number of hydrogen-bond donors (Lipinski definition) is 3. The summed E-state index contributed by atoms with van der Waals surface area (Å²) in [6.45, 7) is 0. The van der Waals surface area contributed by atoms with E-state index in [0.29, 0.717) is 0 Å². The molecule has 0 radical (unpaired) electrons. The molecular formula is C8H7NNa2O7. The third-order valence-corrected chi connectivity index (χ3v) is 2.11. The number of nitrogens with one attached hydrogen (secondary N) is 1. The number of carboxylic acid groups (broad SMARTS) is 3. The molecule has 88 valence electrons. The molecule has 0 bridgehead atoms. The minimum absolute atomic E-state index is 0. The van der Waals surface area contributed by atoms with Crippen LogP contribution in [0.25, 0.3) is 0 Å². The van der Waals surface area contributed by atoms with E-state index in [0.717, 1.165) is 6.20 Å². The summed E-state index contributed by atoms with van der Waals surface area (Å²) in [5, 5.41) is 41.5. The first kappa shape index (κ1) is 20.2. The minimum Gasteiger partial charge on any atom is -0.550 e. The molecule has 1 aliphatic heterocycles. The van der Waals surface area contributed by atoms with Crippen LogP contribution in [-0.4, -0.2) is 33.7 Å². The Hall–Kier alpha value is -0.0900. The second-order valence-corrected chi connectivity index (χ2v) is 3.28. The molecule has 1 aliphatic rings. The van der Waals surface area contributed by atoms with Gasteiger partial charge in [-0.3, -0.25) is 4.79 Å². The third kappa shape index (κ3) is 4.54.